The van der Waals surface area contributed by atoms with Gasteiger partial charge in [0.1, 0.15) is 30.8 Å². The summed E-state index contributed by atoms with van der Waals surface area (Å²) in [5, 5.41) is 35.6. The zero-order valence-corrected chi connectivity index (χ0v) is 33.6. The first-order valence-electron chi connectivity index (χ1n) is 18.2. The highest BCUT2D eigenvalue weighted by atomic mass is 31.2. The van der Waals surface area contributed by atoms with Gasteiger partial charge in [-0.3, -0.25) is 24.2 Å². The smallest absolute Gasteiger partial charge is 0.395 e. The monoisotopic (exact) mass is 838 g/mol. The molecule has 25 heteroatoms. The fourth-order valence-electron chi connectivity index (χ4n) is 4.98. The fraction of sp³-hybridized carbons (Fsp3) is 0.719. The van der Waals surface area contributed by atoms with Gasteiger partial charge in [-0.2, -0.15) is 0 Å². The van der Waals surface area contributed by atoms with Gasteiger partial charge >= 0.3 is 31.5 Å². The molecule has 0 saturated heterocycles. The van der Waals surface area contributed by atoms with Crippen molar-refractivity contribution in [2.45, 2.75) is 94.5 Å². The normalized spacial score (nSPS) is 16.3. The molecule has 0 aliphatic carbocycles. The Kier molecular flexibility index (Phi) is 22.7. The third-order valence-corrected chi connectivity index (χ3v) is 10.6. The molecule has 326 valence electrons. The number of carbonyl (C=O) groups is 6. The topological polar surface area (TPSA) is 376 Å². The van der Waals surface area contributed by atoms with Crippen LogP contribution >= 0.6 is 7.67 Å². The van der Waals surface area contributed by atoms with Gasteiger partial charge < -0.3 is 67.7 Å². The summed E-state index contributed by atoms with van der Waals surface area (Å²) in [5.74, 6) is -7.85. The van der Waals surface area contributed by atoms with Gasteiger partial charge in [0.2, 0.25) is 11.8 Å². The lowest BCUT2D eigenvalue weighted by Gasteiger charge is -2.29. The summed E-state index contributed by atoms with van der Waals surface area (Å²) in [6.07, 6.45) is -2.28. The van der Waals surface area contributed by atoms with Crippen LogP contribution in [0.3, 0.4) is 0 Å². The van der Waals surface area contributed by atoms with Crippen molar-refractivity contribution in [1.29, 1.82) is 0 Å². The summed E-state index contributed by atoms with van der Waals surface area (Å²) in [6, 6.07) is -3.68. The van der Waals surface area contributed by atoms with Crippen molar-refractivity contribution in [3.05, 3.63) is 11.5 Å². The van der Waals surface area contributed by atoms with Crippen LogP contribution < -0.4 is 39.0 Å². The molecule has 24 nitrogen and oxygen atoms in total. The first-order chi connectivity index (χ1) is 26.8. The number of hydrogen-bond acceptors (Lipinski definition) is 17. The molecule has 5 atom stereocenters. The number of aliphatic hydroxyl groups excluding tert-OH is 2. The van der Waals surface area contributed by atoms with Gasteiger partial charge in [-0.15, -0.1) is 5.48 Å². The number of esters is 2. The standard InChI is InChI=1S/C32H59N10O14P/c1-41(2)57(52,42(3)4)56-27-25(46)26(54-31(27)51)22(43)18-53-23(44)13-14-24(45)55-40-20(10-5-7-15-33)29(48)38-19(12-9-17-37-32(35)36)28(47)39-21(30(49)50)11-6-8-16-34/h19-22,26,40,43,46H,5-18,33-34H2,1-4H3,(H,38,48)(H,39,47)(H,49,50)(H4,35,36,37). The average Bonchev–Trinajstić information content (AvgIpc) is 3.42. The van der Waals surface area contributed by atoms with E-state index in [0.29, 0.717) is 38.8 Å². The molecule has 0 bridgehead atoms. The number of hydrogen-bond donors (Lipinski definition) is 10. The van der Waals surface area contributed by atoms with Crippen LogP contribution in [-0.2, 0) is 52.2 Å². The molecule has 1 rings (SSSR count). The summed E-state index contributed by atoms with van der Waals surface area (Å²) < 4.78 is 30.7. The van der Waals surface area contributed by atoms with Crippen LogP contribution in [0.5, 0.6) is 0 Å². The van der Waals surface area contributed by atoms with Gasteiger partial charge in [0.05, 0.1) is 12.8 Å². The third-order valence-electron chi connectivity index (χ3n) is 8.16. The highest BCUT2D eigenvalue weighted by Crippen LogP contribution is 2.53. The second-order valence-electron chi connectivity index (χ2n) is 13.2. The number of aliphatic carboxylic acids is 1. The maximum absolute atomic E-state index is 13.4. The predicted molar refractivity (Wildman–Crippen MR) is 202 cm³/mol. The average molecular weight is 839 g/mol. The molecule has 0 fully saturated rings. The molecule has 1 aliphatic heterocycles. The molecule has 0 spiro atoms. The number of guanidine groups is 1. The van der Waals surface area contributed by atoms with E-state index in [1.54, 1.807) is 0 Å². The number of ether oxygens (including phenoxy) is 2. The molecule has 0 aromatic carbocycles. The van der Waals surface area contributed by atoms with Crippen molar-refractivity contribution in [2.24, 2.45) is 27.9 Å². The summed E-state index contributed by atoms with van der Waals surface area (Å²) in [7, 11) is 1.89. The number of unbranched alkanes of at least 4 members (excludes halogenated alkanes) is 2. The van der Waals surface area contributed by atoms with E-state index in [0.717, 1.165) is 0 Å². The first kappa shape index (κ1) is 50.4. The number of aliphatic imine (C=N–C) groups is 1. The molecule has 57 heavy (non-hydrogen) atoms. The number of carbonyl (C=O) groups excluding carboxylic acids is 5. The van der Waals surface area contributed by atoms with Gasteiger partial charge in [0.25, 0.3) is 5.76 Å². The minimum Gasteiger partial charge on any atom is -0.505 e. The number of cyclic esters (lactones) is 1. The van der Waals surface area contributed by atoms with Gasteiger partial charge in [-0.1, -0.05) is 0 Å². The van der Waals surface area contributed by atoms with E-state index < -0.39 is 105 Å². The van der Waals surface area contributed by atoms with E-state index >= 15 is 0 Å². The van der Waals surface area contributed by atoms with Gasteiger partial charge in [0, 0.05) is 6.54 Å². The number of nitrogens with zero attached hydrogens (tertiary/aromatic N) is 3. The molecular formula is C32H59N10O14P. The minimum atomic E-state index is -3.79. The summed E-state index contributed by atoms with van der Waals surface area (Å²) in [4.78, 5) is 84.6. The maximum Gasteiger partial charge on any atom is 0.395 e. The van der Waals surface area contributed by atoms with Crippen LogP contribution in [0.4, 0.5) is 0 Å². The van der Waals surface area contributed by atoms with Crippen molar-refractivity contribution in [3.8, 4) is 0 Å². The van der Waals surface area contributed by atoms with Gasteiger partial charge in [-0.05, 0) is 92.6 Å². The predicted octanol–water partition coefficient (Wildman–Crippen LogP) is -2.60. The lowest BCUT2D eigenvalue weighted by molar-refractivity contribution is -0.160. The quantitative estimate of drug-likeness (QED) is 0.00702. The molecule has 1 aliphatic rings. The van der Waals surface area contributed by atoms with E-state index in [2.05, 4.69) is 21.1 Å². The van der Waals surface area contributed by atoms with E-state index in [9.17, 15) is 48.7 Å². The summed E-state index contributed by atoms with van der Waals surface area (Å²) >= 11 is 0. The molecule has 1 heterocycles. The molecule has 2 amide bonds. The van der Waals surface area contributed by atoms with Crippen LogP contribution in [0.2, 0.25) is 0 Å². The lowest BCUT2D eigenvalue weighted by atomic mass is 10.1. The molecule has 0 saturated carbocycles. The minimum absolute atomic E-state index is 0.0125. The van der Waals surface area contributed by atoms with Crippen molar-refractivity contribution >= 4 is 49.3 Å². The number of aliphatic hydroxyl groups is 2. The number of rotatable bonds is 29. The summed E-state index contributed by atoms with van der Waals surface area (Å²) in [5.41, 5.74) is 24.2. The van der Waals surface area contributed by atoms with Crippen LogP contribution in [0, 0.1) is 0 Å². The van der Waals surface area contributed by atoms with Crippen LogP contribution in [-0.4, -0.2) is 151 Å². The Labute approximate surface area is 330 Å². The lowest BCUT2D eigenvalue weighted by Crippen LogP contribution is -2.55. The SMILES string of the molecule is CN(C)P(=O)(OC1=C(O)C(C(O)COC(=O)CCC(=O)ONC(CCCCN)C(=O)NC(CCCN=C(N)N)C(=O)NC(CCCCN)C(=O)O)OC1=O)N(C)C. The molecular weight excluding hydrogens is 779 g/mol. The number of nitrogens with two attached hydrogens (primary N) is 4. The molecule has 0 aromatic heterocycles. The van der Waals surface area contributed by atoms with Crippen LogP contribution in [0.25, 0.3) is 0 Å². The highest BCUT2D eigenvalue weighted by molar-refractivity contribution is 7.54. The Morgan fingerprint density at radius 2 is 1.39 bits per heavy atom. The van der Waals surface area contributed by atoms with Crippen molar-refractivity contribution in [2.75, 3.05) is 54.4 Å². The Morgan fingerprint density at radius 1 is 0.860 bits per heavy atom. The Morgan fingerprint density at radius 3 is 1.93 bits per heavy atom. The second kappa shape index (κ2) is 25.6. The number of carboxylic acid groups (broad SMARTS) is 1. The second-order valence-corrected chi connectivity index (χ2v) is 16.0. The van der Waals surface area contributed by atoms with Crippen LogP contribution in [0.15, 0.2) is 16.5 Å². The zero-order valence-electron chi connectivity index (χ0n) is 32.7. The van der Waals surface area contributed by atoms with Crippen molar-refractivity contribution in [3.63, 3.8) is 0 Å². The number of nitrogens with one attached hydrogen (secondary N) is 3. The maximum atomic E-state index is 13.4. The summed E-state index contributed by atoms with van der Waals surface area (Å²) in [6.45, 7) is -0.0407. The third kappa shape index (κ3) is 17.6. The van der Waals surface area contributed by atoms with Gasteiger partial charge in [-0.25, -0.2) is 23.5 Å². The fourth-order valence-corrected chi connectivity index (χ4v) is 6.42. The van der Waals surface area contributed by atoms with Crippen molar-refractivity contribution in [1.82, 2.24) is 25.5 Å². The molecule has 0 aromatic rings. The van der Waals surface area contributed by atoms with E-state index in [1.807, 2.05) is 0 Å². The number of carboxylic acids is 1. The van der Waals surface area contributed by atoms with Crippen molar-refractivity contribution < 1.29 is 67.5 Å². The first-order valence-corrected chi connectivity index (χ1v) is 19.7. The molecule has 5 unspecified atom stereocenters. The van der Waals surface area contributed by atoms with E-state index in [4.69, 9.17) is 41.8 Å². The van der Waals surface area contributed by atoms with Gasteiger partial charge in [0.15, 0.2) is 17.8 Å². The van der Waals surface area contributed by atoms with E-state index in [1.165, 1.54) is 37.5 Å². The Hall–Kier alpha value is -4.58. The Bertz CT molecular complexity index is 1460. The van der Waals surface area contributed by atoms with E-state index in [-0.39, 0.29) is 38.2 Å². The largest absolute Gasteiger partial charge is 0.505 e. The molecule has 14 N–H and O–H groups in total. The van der Waals surface area contributed by atoms with Crippen LogP contribution in [0.1, 0.15) is 64.2 Å². The molecule has 0 radical (unpaired) electrons. The highest BCUT2D eigenvalue weighted by Gasteiger charge is 2.45. The number of amides is 2. The number of hydroxylamine groups is 1. The Balaban J connectivity index is 2.86. The zero-order chi connectivity index (χ0) is 43.3.